The van der Waals surface area contributed by atoms with Crippen molar-refractivity contribution in [3.63, 3.8) is 0 Å². The summed E-state index contributed by atoms with van der Waals surface area (Å²) in [5.41, 5.74) is -0.300. The Hall–Kier alpha value is -2.61. The number of ether oxygens (including phenoxy) is 1. The molecule has 1 aromatic heterocycles. The highest BCUT2D eigenvalue weighted by molar-refractivity contribution is 5.91. The second-order valence-corrected chi connectivity index (χ2v) is 5.40. The molecule has 1 aliphatic rings. The minimum Gasteiger partial charge on any atom is -0.381 e. The zero-order chi connectivity index (χ0) is 16.9. The molecular formula is C16H16F2N4O2. The van der Waals surface area contributed by atoms with Crippen LogP contribution in [0.1, 0.15) is 12.8 Å². The van der Waals surface area contributed by atoms with Gasteiger partial charge in [0.05, 0.1) is 0 Å². The summed E-state index contributed by atoms with van der Waals surface area (Å²) in [6.45, 7) is 1.14. The number of rotatable bonds is 4. The number of benzene rings is 1. The molecular weight excluding hydrogens is 318 g/mol. The van der Waals surface area contributed by atoms with Crippen molar-refractivity contribution in [3.05, 3.63) is 42.0 Å². The van der Waals surface area contributed by atoms with Gasteiger partial charge in [-0.3, -0.25) is 4.79 Å². The van der Waals surface area contributed by atoms with Crippen LogP contribution in [0.5, 0.6) is 0 Å². The second-order valence-electron chi connectivity index (χ2n) is 5.40. The quantitative estimate of drug-likeness (QED) is 0.899. The van der Waals surface area contributed by atoms with Crippen LogP contribution in [0.25, 0.3) is 0 Å². The molecule has 8 heteroatoms. The summed E-state index contributed by atoms with van der Waals surface area (Å²) in [6, 6.07) is 6.56. The SMILES string of the molecule is O=C(Nc1ccc(Nc2c(F)cccc2F)nn1)C1CCOCC1. The Kier molecular flexibility index (Phi) is 4.95. The van der Waals surface area contributed by atoms with Crippen LogP contribution < -0.4 is 10.6 Å². The van der Waals surface area contributed by atoms with Crippen LogP contribution >= 0.6 is 0 Å². The maximum atomic E-state index is 13.6. The fourth-order valence-corrected chi connectivity index (χ4v) is 2.40. The molecule has 2 N–H and O–H groups in total. The Morgan fingerprint density at radius 2 is 1.67 bits per heavy atom. The van der Waals surface area contributed by atoms with E-state index in [9.17, 15) is 13.6 Å². The predicted molar refractivity (Wildman–Crippen MR) is 83.8 cm³/mol. The lowest BCUT2D eigenvalue weighted by Gasteiger charge is -2.20. The number of nitrogens with zero attached hydrogens (tertiary/aromatic N) is 2. The van der Waals surface area contributed by atoms with E-state index in [0.29, 0.717) is 26.1 Å². The third-order valence-corrected chi connectivity index (χ3v) is 3.72. The first-order valence-corrected chi connectivity index (χ1v) is 7.57. The maximum absolute atomic E-state index is 13.6. The van der Waals surface area contributed by atoms with Crippen molar-refractivity contribution in [2.75, 3.05) is 23.8 Å². The Morgan fingerprint density at radius 1 is 1.04 bits per heavy atom. The fraction of sp³-hybridized carbons (Fsp3) is 0.312. The summed E-state index contributed by atoms with van der Waals surface area (Å²) in [5.74, 6) is -1.24. The van der Waals surface area contributed by atoms with Crippen molar-refractivity contribution in [2.45, 2.75) is 12.8 Å². The van der Waals surface area contributed by atoms with Gasteiger partial charge < -0.3 is 15.4 Å². The summed E-state index contributed by atoms with van der Waals surface area (Å²) in [4.78, 5) is 12.1. The van der Waals surface area contributed by atoms with Gasteiger partial charge in [-0.05, 0) is 37.1 Å². The van der Waals surface area contributed by atoms with Crippen LogP contribution in [0, 0.1) is 17.6 Å². The number of nitrogens with one attached hydrogen (secondary N) is 2. The molecule has 2 aromatic rings. The number of carbonyl (C=O) groups is 1. The van der Waals surface area contributed by atoms with Gasteiger partial charge in [-0.25, -0.2) is 8.78 Å². The van der Waals surface area contributed by atoms with Gasteiger partial charge in [0.2, 0.25) is 5.91 Å². The van der Waals surface area contributed by atoms with Crippen molar-refractivity contribution in [2.24, 2.45) is 5.92 Å². The molecule has 1 fully saturated rings. The maximum Gasteiger partial charge on any atom is 0.228 e. The zero-order valence-electron chi connectivity index (χ0n) is 12.8. The number of amides is 1. The second kappa shape index (κ2) is 7.31. The molecule has 0 unspecified atom stereocenters. The van der Waals surface area contributed by atoms with Crippen molar-refractivity contribution in [1.29, 1.82) is 0 Å². The zero-order valence-corrected chi connectivity index (χ0v) is 12.8. The number of anilines is 3. The number of aromatic nitrogens is 2. The van der Waals surface area contributed by atoms with Crippen LogP contribution in [-0.2, 0) is 9.53 Å². The van der Waals surface area contributed by atoms with Gasteiger partial charge >= 0.3 is 0 Å². The molecule has 0 saturated carbocycles. The average Bonchev–Trinajstić information content (AvgIpc) is 2.60. The lowest BCUT2D eigenvalue weighted by Crippen LogP contribution is -2.28. The molecule has 1 aromatic carbocycles. The first kappa shape index (κ1) is 16.3. The Morgan fingerprint density at radius 3 is 2.29 bits per heavy atom. The molecule has 0 bridgehead atoms. The van der Waals surface area contributed by atoms with E-state index in [1.54, 1.807) is 0 Å². The molecule has 1 amide bonds. The predicted octanol–water partition coefficient (Wildman–Crippen LogP) is 2.86. The van der Waals surface area contributed by atoms with E-state index < -0.39 is 11.6 Å². The largest absolute Gasteiger partial charge is 0.381 e. The molecule has 0 atom stereocenters. The van der Waals surface area contributed by atoms with E-state index in [0.717, 1.165) is 12.1 Å². The van der Waals surface area contributed by atoms with E-state index >= 15 is 0 Å². The molecule has 0 aliphatic carbocycles. The topological polar surface area (TPSA) is 76.1 Å². The summed E-state index contributed by atoms with van der Waals surface area (Å²) in [6.07, 6.45) is 1.34. The van der Waals surface area contributed by atoms with Gasteiger partial charge in [0.15, 0.2) is 11.6 Å². The monoisotopic (exact) mass is 334 g/mol. The highest BCUT2D eigenvalue weighted by atomic mass is 19.1. The van der Waals surface area contributed by atoms with E-state index in [-0.39, 0.29) is 29.1 Å². The standard InChI is InChI=1S/C16H16F2N4O2/c17-11-2-1-3-12(18)15(11)19-13-4-5-14(22-21-13)20-16(23)10-6-8-24-9-7-10/h1-5,10H,6-9H2,(H,19,21)(H,20,22,23). The Balaban J connectivity index is 1.64. The summed E-state index contributed by atoms with van der Waals surface area (Å²) in [5, 5.41) is 12.9. The molecule has 0 spiro atoms. The van der Waals surface area contributed by atoms with Crippen molar-refractivity contribution in [1.82, 2.24) is 10.2 Å². The van der Waals surface area contributed by atoms with Crippen molar-refractivity contribution >= 4 is 23.2 Å². The summed E-state index contributed by atoms with van der Waals surface area (Å²) in [7, 11) is 0. The van der Waals surface area contributed by atoms with Crippen LogP contribution in [-0.4, -0.2) is 29.3 Å². The summed E-state index contributed by atoms with van der Waals surface area (Å²) >= 11 is 0. The molecule has 1 saturated heterocycles. The first-order chi connectivity index (χ1) is 11.6. The van der Waals surface area contributed by atoms with Crippen LogP contribution in [0.4, 0.5) is 26.1 Å². The third-order valence-electron chi connectivity index (χ3n) is 3.72. The van der Waals surface area contributed by atoms with E-state index in [1.165, 1.54) is 18.2 Å². The van der Waals surface area contributed by atoms with E-state index in [2.05, 4.69) is 20.8 Å². The highest BCUT2D eigenvalue weighted by Gasteiger charge is 2.22. The van der Waals surface area contributed by atoms with Crippen molar-refractivity contribution < 1.29 is 18.3 Å². The minimum atomic E-state index is -0.728. The number of carbonyl (C=O) groups excluding carboxylic acids is 1. The number of hydrogen-bond acceptors (Lipinski definition) is 5. The molecule has 1 aliphatic heterocycles. The van der Waals surface area contributed by atoms with Gasteiger partial charge in [0.25, 0.3) is 0 Å². The fourth-order valence-electron chi connectivity index (χ4n) is 2.40. The van der Waals surface area contributed by atoms with Gasteiger partial charge in [0.1, 0.15) is 17.3 Å². The molecule has 126 valence electrons. The smallest absolute Gasteiger partial charge is 0.228 e. The normalized spacial score (nSPS) is 15.1. The number of para-hydroxylation sites is 1. The first-order valence-electron chi connectivity index (χ1n) is 7.57. The molecule has 24 heavy (non-hydrogen) atoms. The van der Waals surface area contributed by atoms with Crippen molar-refractivity contribution in [3.8, 4) is 0 Å². The van der Waals surface area contributed by atoms with Gasteiger partial charge in [-0.1, -0.05) is 6.07 Å². The Labute approximate surface area is 137 Å². The van der Waals surface area contributed by atoms with Crippen LogP contribution in [0.15, 0.2) is 30.3 Å². The lowest BCUT2D eigenvalue weighted by atomic mass is 9.99. The molecule has 0 radical (unpaired) electrons. The van der Waals surface area contributed by atoms with Crippen LogP contribution in [0.3, 0.4) is 0 Å². The van der Waals surface area contributed by atoms with Gasteiger partial charge in [-0.15, -0.1) is 10.2 Å². The number of halogens is 2. The van der Waals surface area contributed by atoms with Crippen LogP contribution in [0.2, 0.25) is 0 Å². The van der Waals surface area contributed by atoms with E-state index in [1.807, 2.05) is 0 Å². The highest BCUT2D eigenvalue weighted by Crippen LogP contribution is 2.22. The third kappa shape index (κ3) is 3.83. The molecule has 6 nitrogen and oxygen atoms in total. The van der Waals surface area contributed by atoms with E-state index in [4.69, 9.17) is 4.74 Å². The minimum absolute atomic E-state index is 0.106. The number of hydrogen-bond donors (Lipinski definition) is 2. The average molecular weight is 334 g/mol. The molecule has 2 heterocycles. The lowest BCUT2D eigenvalue weighted by molar-refractivity contribution is -0.122. The summed E-state index contributed by atoms with van der Waals surface area (Å²) < 4.78 is 32.4. The van der Waals surface area contributed by atoms with Gasteiger partial charge in [-0.2, -0.15) is 0 Å². The molecule has 3 rings (SSSR count). The Bertz CT molecular complexity index is 698. The van der Waals surface area contributed by atoms with Gasteiger partial charge in [0, 0.05) is 19.1 Å².